The van der Waals surface area contributed by atoms with Crippen LogP contribution in [0.5, 0.6) is 0 Å². The number of hydrogen-bond acceptors (Lipinski definition) is 2. The van der Waals surface area contributed by atoms with Gasteiger partial charge >= 0.3 is 0 Å². The number of nitrogens with zero attached hydrogens (tertiary/aromatic N) is 2. The molecule has 0 spiro atoms. The van der Waals surface area contributed by atoms with E-state index in [4.69, 9.17) is 11.6 Å². The number of halogens is 2. The van der Waals surface area contributed by atoms with E-state index in [1.54, 1.807) is 0 Å². The van der Waals surface area contributed by atoms with Gasteiger partial charge in [-0.1, -0.05) is 27.5 Å². The minimum absolute atomic E-state index is 0.0320. The van der Waals surface area contributed by atoms with Crippen LogP contribution in [0, 0.1) is 17.2 Å². The lowest BCUT2D eigenvalue weighted by Gasteiger charge is -2.31. The van der Waals surface area contributed by atoms with Crippen molar-refractivity contribution in [1.82, 2.24) is 4.90 Å². The average Bonchev–Trinajstić information content (AvgIpc) is 2.71. The smallest absolute Gasteiger partial charge is 0.0676 e. The second-order valence-electron chi connectivity index (χ2n) is 6.12. The summed E-state index contributed by atoms with van der Waals surface area (Å²) in [7, 11) is 0. The Morgan fingerprint density at radius 1 is 1.32 bits per heavy atom. The van der Waals surface area contributed by atoms with Crippen molar-refractivity contribution in [3.05, 3.63) is 33.3 Å². The molecule has 0 unspecified atom stereocenters. The Bertz CT molecular complexity index is 496. The van der Waals surface area contributed by atoms with Crippen LogP contribution in [0.15, 0.2) is 22.7 Å². The van der Waals surface area contributed by atoms with E-state index < -0.39 is 0 Å². The number of likely N-dealkylation sites (tertiary alicyclic amines) is 1. The molecule has 4 heteroatoms. The molecule has 0 radical (unpaired) electrons. The molecule has 2 rings (SSSR count). The summed E-state index contributed by atoms with van der Waals surface area (Å²) in [4.78, 5) is 2.38. The maximum absolute atomic E-state index is 9.40. The largest absolute Gasteiger partial charge is 0.297 e. The Kier molecular flexibility index (Phi) is 4.25. The standard InChI is InChI=1S/C15H18BrClN2/c1-15(2,3)19-8-11(7-18)14(9-19)10-4-12(16)6-13(17)5-10/h4-6,11,14H,8-9H2,1-3H3/t11-,14+/m1/s1. The molecule has 0 N–H and O–H groups in total. The molecule has 2 atom stereocenters. The van der Waals surface area contributed by atoms with Crippen molar-refractivity contribution >= 4 is 27.5 Å². The molecule has 2 nitrogen and oxygen atoms in total. The van der Waals surface area contributed by atoms with Crippen LogP contribution in [-0.2, 0) is 0 Å². The molecule has 0 amide bonds. The van der Waals surface area contributed by atoms with Gasteiger partial charge in [0.05, 0.1) is 12.0 Å². The fraction of sp³-hybridized carbons (Fsp3) is 0.533. The summed E-state index contributed by atoms with van der Waals surface area (Å²) in [6.07, 6.45) is 0. The number of nitriles is 1. The Morgan fingerprint density at radius 3 is 2.53 bits per heavy atom. The topological polar surface area (TPSA) is 27.0 Å². The van der Waals surface area contributed by atoms with Gasteiger partial charge in [-0.2, -0.15) is 5.26 Å². The molecule has 0 aromatic heterocycles. The van der Waals surface area contributed by atoms with Gasteiger partial charge < -0.3 is 0 Å². The van der Waals surface area contributed by atoms with Gasteiger partial charge in [0.1, 0.15) is 0 Å². The zero-order valence-corrected chi connectivity index (χ0v) is 13.8. The van der Waals surface area contributed by atoms with Gasteiger partial charge in [0.25, 0.3) is 0 Å². The Hall–Kier alpha value is -0.560. The minimum atomic E-state index is 0.0320. The van der Waals surface area contributed by atoms with E-state index in [2.05, 4.69) is 53.7 Å². The normalized spacial score (nSPS) is 24.4. The van der Waals surface area contributed by atoms with Crippen LogP contribution >= 0.6 is 27.5 Å². The lowest BCUT2D eigenvalue weighted by atomic mass is 9.90. The zero-order chi connectivity index (χ0) is 14.2. The van der Waals surface area contributed by atoms with Crippen LogP contribution in [0.2, 0.25) is 5.02 Å². The molecule has 1 heterocycles. The van der Waals surface area contributed by atoms with E-state index in [0.717, 1.165) is 28.1 Å². The number of rotatable bonds is 1. The molecular formula is C15H18BrClN2. The summed E-state index contributed by atoms with van der Waals surface area (Å²) in [5.41, 5.74) is 1.25. The van der Waals surface area contributed by atoms with Gasteiger partial charge in [0, 0.05) is 34.0 Å². The molecule has 0 bridgehead atoms. The first-order chi connectivity index (χ1) is 8.81. The van der Waals surface area contributed by atoms with Gasteiger partial charge in [0.15, 0.2) is 0 Å². The first kappa shape index (κ1) is 14.8. The van der Waals surface area contributed by atoms with E-state index in [1.165, 1.54) is 0 Å². The van der Waals surface area contributed by atoms with Gasteiger partial charge in [0.2, 0.25) is 0 Å². The molecule has 1 aliphatic rings. The second kappa shape index (κ2) is 5.44. The van der Waals surface area contributed by atoms with Gasteiger partial charge in [-0.05, 0) is 44.5 Å². The Balaban J connectivity index is 2.31. The minimum Gasteiger partial charge on any atom is -0.297 e. The fourth-order valence-corrected chi connectivity index (χ4v) is 3.50. The predicted molar refractivity (Wildman–Crippen MR) is 82.3 cm³/mol. The van der Waals surface area contributed by atoms with Crippen LogP contribution < -0.4 is 0 Å². The lowest BCUT2D eigenvalue weighted by Crippen LogP contribution is -2.39. The van der Waals surface area contributed by atoms with Crippen molar-refractivity contribution in [3.8, 4) is 6.07 Å². The fourth-order valence-electron chi connectivity index (χ4n) is 2.61. The molecule has 1 aromatic rings. The molecule has 1 aromatic carbocycles. The molecule has 1 saturated heterocycles. The average molecular weight is 342 g/mol. The summed E-state index contributed by atoms with van der Waals surface area (Å²) in [5.74, 6) is 0.267. The van der Waals surface area contributed by atoms with Crippen molar-refractivity contribution in [2.75, 3.05) is 13.1 Å². The van der Waals surface area contributed by atoms with Crippen molar-refractivity contribution in [2.45, 2.75) is 32.2 Å². The van der Waals surface area contributed by atoms with E-state index >= 15 is 0 Å². The molecule has 1 aliphatic heterocycles. The van der Waals surface area contributed by atoms with Crippen LogP contribution in [-0.4, -0.2) is 23.5 Å². The van der Waals surface area contributed by atoms with E-state index in [9.17, 15) is 5.26 Å². The van der Waals surface area contributed by atoms with Gasteiger partial charge in [-0.15, -0.1) is 0 Å². The highest BCUT2D eigenvalue weighted by atomic mass is 79.9. The van der Waals surface area contributed by atoms with E-state index in [-0.39, 0.29) is 17.4 Å². The quantitative estimate of drug-likeness (QED) is 0.755. The van der Waals surface area contributed by atoms with Crippen molar-refractivity contribution < 1.29 is 0 Å². The third-order valence-corrected chi connectivity index (χ3v) is 4.42. The molecule has 0 aliphatic carbocycles. The summed E-state index contributed by atoms with van der Waals surface area (Å²) in [6.45, 7) is 8.32. The highest BCUT2D eigenvalue weighted by molar-refractivity contribution is 9.10. The molecular weight excluding hydrogens is 324 g/mol. The summed E-state index contributed by atoms with van der Waals surface area (Å²) in [6, 6.07) is 8.39. The second-order valence-corrected chi connectivity index (χ2v) is 7.47. The van der Waals surface area contributed by atoms with Crippen LogP contribution in [0.1, 0.15) is 32.3 Å². The van der Waals surface area contributed by atoms with Crippen molar-refractivity contribution in [3.63, 3.8) is 0 Å². The summed E-state index contributed by atoms with van der Waals surface area (Å²) >= 11 is 9.59. The van der Waals surface area contributed by atoms with Crippen LogP contribution in [0.4, 0.5) is 0 Å². The summed E-state index contributed by atoms with van der Waals surface area (Å²) in [5, 5.41) is 10.1. The van der Waals surface area contributed by atoms with Crippen LogP contribution in [0.25, 0.3) is 0 Å². The van der Waals surface area contributed by atoms with E-state index in [1.807, 2.05) is 12.1 Å². The van der Waals surface area contributed by atoms with Gasteiger partial charge in [-0.25, -0.2) is 0 Å². The third kappa shape index (κ3) is 3.31. The SMILES string of the molecule is CC(C)(C)N1C[C@@H](C#N)[C@H](c2cc(Cl)cc(Br)c2)C1. The highest BCUT2D eigenvalue weighted by Crippen LogP contribution is 2.37. The van der Waals surface area contributed by atoms with Gasteiger partial charge in [-0.3, -0.25) is 4.90 Å². The number of hydrogen-bond donors (Lipinski definition) is 0. The van der Waals surface area contributed by atoms with Crippen molar-refractivity contribution in [1.29, 1.82) is 5.26 Å². The van der Waals surface area contributed by atoms with Crippen molar-refractivity contribution in [2.24, 2.45) is 5.92 Å². The Morgan fingerprint density at radius 2 is 2.00 bits per heavy atom. The monoisotopic (exact) mass is 340 g/mol. The third-order valence-electron chi connectivity index (χ3n) is 3.75. The lowest BCUT2D eigenvalue weighted by molar-refractivity contribution is 0.170. The maximum atomic E-state index is 9.40. The maximum Gasteiger partial charge on any atom is 0.0676 e. The Labute approximate surface area is 128 Å². The predicted octanol–water partition coefficient (Wildman–Crippen LogP) is 4.44. The van der Waals surface area contributed by atoms with E-state index in [0.29, 0.717) is 0 Å². The molecule has 102 valence electrons. The van der Waals surface area contributed by atoms with Crippen LogP contribution in [0.3, 0.4) is 0 Å². The first-order valence-electron chi connectivity index (χ1n) is 6.42. The number of benzene rings is 1. The first-order valence-corrected chi connectivity index (χ1v) is 7.59. The highest BCUT2D eigenvalue weighted by Gasteiger charge is 2.38. The molecule has 1 fully saturated rings. The molecule has 0 saturated carbocycles. The zero-order valence-electron chi connectivity index (χ0n) is 11.5. The molecule has 19 heavy (non-hydrogen) atoms. The summed E-state index contributed by atoms with van der Waals surface area (Å²) < 4.78 is 0.973.